The lowest BCUT2D eigenvalue weighted by Crippen LogP contribution is -2.49. The Kier molecular flexibility index (Phi) is 18.2. The van der Waals surface area contributed by atoms with Crippen LogP contribution in [0, 0.1) is 0 Å². The molecule has 0 unspecified atom stereocenters. The summed E-state index contributed by atoms with van der Waals surface area (Å²) in [6.07, 6.45) is 27.9. The van der Waals surface area contributed by atoms with Crippen LogP contribution in [0.4, 0.5) is 0 Å². The minimum absolute atomic E-state index is 0.420. The van der Waals surface area contributed by atoms with Gasteiger partial charge in [-0.15, -0.1) is 0 Å². The van der Waals surface area contributed by atoms with Gasteiger partial charge in [-0.2, -0.15) is 0 Å². The standard InChI is InChI=1S/C23H48N2/c1-3-5-7-8-9-10-11-12-13-14-15-16-17-18-19-20-22-23(24,25)21-6-4-2/h12-13H,3-11,14-22,24-25H2,1-2H3/b13-12-. The fourth-order valence-electron chi connectivity index (χ4n) is 3.33. The molecule has 0 fully saturated rings. The summed E-state index contributed by atoms with van der Waals surface area (Å²) in [7, 11) is 0. The summed E-state index contributed by atoms with van der Waals surface area (Å²) in [6, 6.07) is 0. The first-order valence-corrected chi connectivity index (χ1v) is 11.3. The third-order valence-electron chi connectivity index (χ3n) is 5.15. The summed E-state index contributed by atoms with van der Waals surface area (Å²) in [4.78, 5) is 0. The van der Waals surface area contributed by atoms with Crippen molar-refractivity contribution in [2.24, 2.45) is 11.5 Å². The van der Waals surface area contributed by atoms with Crippen LogP contribution < -0.4 is 11.5 Å². The zero-order valence-corrected chi connectivity index (χ0v) is 17.5. The van der Waals surface area contributed by atoms with Gasteiger partial charge in [0.1, 0.15) is 0 Å². The number of unbranched alkanes of at least 4 members (excludes halogenated alkanes) is 13. The van der Waals surface area contributed by atoms with Gasteiger partial charge in [-0.05, 0) is 38.5 Å². The number of rotatable bonds is 19. The van der Waals surface area contributed by atoms with Crippen molar-refractivity contribution < 1.29 is 0 Å². The van der Waals surface area contributed by atoms with Gasteiger partial charge < -0.3 is 11.5 Å². The van der Waals surface area contributed by atoms with Gasteiger partial charge in [0.15, 0.2) is 0 Å². The Morgan fingerprint density at radius 3 is 1.44 bits per heavy atom. The van der Waals surface area contributed by atoms with E-state index in [1.54, 1.807) is 0 Å². The quantitative estimate of drug-likeness (QED) is 0.146. The summed E-state index contributed by atoms with van der Waals surface area (Å²) in [5.41, 5.74) is 11.8. The largest absolute Gasteiger partial charge is 0.313 e. The summed E-state index contributed by atoms with van der Waals surface area (Å²) in [5.74, 6) is 0. The second kappa shape index (κ2) is 18.5. The summed E-state index contributed by atoms with van der Waals surface area (Å²) < 4.78 is 0. The Balaban J connectivity index is 3.24. The van der Waals surface area contributed by atoms with Crippen molar-refractivity contribution >= 4 is 0 Å². The lowest BCUT2D eigenvalue weighted by Gasteiger charge is -2.24. The molecule has 0 aromatic rings. The lowest BCUT2D eigenvalue weighted by atomic mass is 9.97. The predicted octanol–water partition coefficient (Wildman–Crippen LogP) is 7.22. The molecule has 4 N–H and O–H groups in total. The third kappa shape index (κ3) is 19.8. The fourth-order valence-corrected chi connectivity index (χ4v) is 3.33. The molecule has 2 heteroatoms. The van der Waals surface area contributed by atoms with Crippen molar-refractivity contribution in [3.05, 3.63) is 12.2 Å². The highest BCUT2D eigenvalue weighted by atomic mass is 14.9. The highest BCUT2D eigenvalue weighted by Crippen LogP contribution is 2.16. The van der Waals surface area contributed by atoms with Crippen LogP contribution in [0.15, 0.2) is 12.2 Å². The van der Waals surface area contributed by atoms with E-state index in [1.807, 2.05) is 0 Å². The minimum Gasteiger partial charge on any atom is -0.313 e. The zero-order valence-electron chi connectivity index (χ0n) is 17.5. The average Bonchev–Trinajstić information content (AvgIpc) is 2.59. The van der Waals surface area contributed by atoms with E-state index in [-0.39, 0.29) is 0 Å². The van der Waals surface area contributed by atoms with Gasteiger partial charge in [0.05, 0.1) is 5.66 Å². The first-order valence-electron chi connectivity index (χ1n) is 11.3. The van der Waals surface area contributed by atoms with E-state index < -0.39 is 5.66 Å². The van der Waals surface area contributed by atoms with Crippen LogP contribution in [-0.4, -0.2) is 5.66 Å². The molecular weight excluding hydrogens is 304 g/mol. The topological polar surface area (TPSA) is 52.0 Å². The smallest absolute Gasteiger partial charge is 0.0636 e. The second-order valence-electron chi connectivity index (χ2n) is 8.02. The van der Waals surface area contributed by atoms with Crippen molar-refractivity contribution in [1.29, 1.82) is 0 Å². The molecule has 0 atom stereocenters. The molecule has 0 aliphatic heterocycles. The maximum Gasteiger partial charge on any atom is 0.0636 e. The van der Waals surface area contributed by atoms with Gasteiger partial charge in [0, 0.05) is 0 Å². The number of hydrogen-bond acceptors (Lipinski definition) is 2. The molecule has 0 spiro atoms. The molecule has 0 rings (SSSR count). The van der Waals surface area contributed by atoms with Gasteiger partial charge in [-0.25, -0.2) is 0 Å². The number of allylic oxidation sites excluding steroid dienone is 2. The predicted molar refractivity (Wildman–Crippen MR) is 115 cm³/mol. The molecule has 0 aliphatic carbocycles. The zero-order chi connectivity index (χ0) is 18.6. The molecular formula is C23H48N2. The number of hydrogen-bond donors (Lipinski definition) is 2. The van der Waals surface area contributed by atoms with E-state index in [0.717, 1.165) is 19.3 Å². The van der Waals surface area contributed by atoms with Gasteiger partial charge in [0.2, 0.25) is 0 Å². The van der Waals surface area contributed by atoms with Gasteiger partial charge >= 0.3 is 0 Å². The molecule has 0 amide bonds. The van der Waals surface area contributed by atoms with Crippen molar-refractivity contribution in [2.45, 2.75) is 135 Å². The molecule has 0 saturated heterocycles. The van der Waals surface area contributed by atoms with Crippen LogP contribution in [0.1, 0.15) is 129 Å². The Bertz CT molecular complexity index is 284. The minimum atomic E-state index is -0.420. The molecule has 150 valence electrons. The SMILES string of the molecule is CCCCCCCC/C=C\CCCCCCCCC(N)(N)CCCC. The molecule has 0 saturated carbocycles. The van der Waals surface area contributed by atoms with Gasteiger partial charge in [-0.3, -0.25) is 0 Å². The second-order valence-corrected chi connectivity index (χ2v) is 8.02. The van der Waals surface area contributed by atoms with Crippen LogP contribution in [0.5, 0.6) is 0 Å². The van der Waals surface area contributed by atoms with Crippen LogP contribution >= 0.6 is 0 Å². The van der Waals surface area contributed by atoms with E-state index in [4.69, 9.17) is 11.5 Å². The van der Waals surface area contributed by atoms with Crippen molar-refractivity contribution in [3.63, 3.8) is 0 Å². The molecule has 0 radical (unpaired) electrons. The number of nitrogens with two attached hydrogens (primary N) is 2. The highest BCUT2D eigenvalue weighted by Gasteiger charge is 2.16. The van der Waals surface area contributed by atoms with Crippen molar-refractivity contribution in [3.8, 4) is 0 Å². The molecule has 0 aliphatic rings. The van der Waals surface area contributed by atoms with Gasteiger partial charge in [0.25, 0.3) is 0 Å². The average molecular weight is 353 g/mol. The van der Waals surface area contributed by atoms with E-state index in [2.05, 4.69) is 26.0 Å². The summed E-state index contributed by atoms with van der Waals surface area (Å²) in [6.45, 7) is 4.47. The Morgan fingerprint density at radius 1 is 0.520 bits per heavy atom. The Morgan fingerprint density at radius 2 is 0.920 bits per heavy atom. The van der Waals surface area contributed by atoms with Crippen molar-refractivity contribution in [1.82, 2.24) is 0 Å². The normalized spacial score (nSPS) is 12.3. The maximum absolute atomic E-state index is 6.13. The summed E-state index contributed by atoms with van der Waals surface area (Å²) in [5, 5.41) is 0. The summed E-state index contributed by atoms with van der Waals surface area (Å²) >= 11 is 0. The van der Waals surface area contributed by atoms with Gasteiger partial charge in [-0.1, -0.05) is 103 Å². The fraction of sp³-hybridized carbons (Fsp3) is 0.913. The maximum atomic E-state index is 6.13. The molecule has 2 nitrogen and oxygen atoms in total. The van der Waals surface area contributed by atoms with E-state index in [0.29, 0.717) is 0 Å². The first kappa shape index (κ1) is 24.7. The van der Waals surface area contributed by atoms with Crippen LogP contribution in [-0.2, 0) is 0 Å². The third-order valence-corrected chi connectivity index (χ3v) is 5.15. The van der Waals surface area contributed by atoms with Crippen molar-refractivity contribution in [2.75, 3.05) is 0 Å². The first-order chi connectivity index (χ1) is 12.1. The highest BCUT2D eigenvalue weighted by molar-refractivity contribution is 4.81. The van der Waals surface area contributed by atoms with E-state index in [9.17, 15) is 0 Å². The van der Waals surface area contributed by atoms with Crippen LogP contribution in [0.3, 0.4) is 0 Å². The molecule has 0 aromatic carbocycles. The lowest BCUT2D eigenvalue weighted by molar-refractivity contribution is 0.350. The molecule has 0 heterocycles. The van der Waals surface area contributed by atoms with E-state index in [1.165, 1.54) is 96.3 Å². The monoisotopic (exact) mass is 352 g/mol. The van der Waals surface area contributed by atoms with E-state index >= 15 is 0 Å². The molecule has 25 heavy (non-hydrogen) atoms. The van der Waals surface area contributed by atoms with Crippen LogP contribution in [0.2, 0.25) is 0 Å². The Labute approximate surface area is 159 Å². The Hall–Kier alpha value is -0.340. The molecule has 0 bridgehead atoms. The van der Waals surface area contributed by atoms with Crippen LogP contribution in [0.25, 0.3) is 0 Å². The molecule has 0 aromatic heterocycles.